The van der Waals surface area contributed by atoms with E-state index in [9.17, 15) is 9.18 Å². The minimum atomic E-state index is -0.315. The number of aromatic nitrogens is 2. The molecule has 1 aromatic heterocycles. The Morgan fingerprint density at radius 1 is 1.25 bits per heavy atom. The summed E-state index contributed by atoms with van der Waals surface area (Å²) in [5.41, 5.74) is 2.86. The molecule has 0 saturated carbocycles. The zero-order valence-corrected chi connectivity index (χ0v) is 15.6. The van der Waals surface area contributed by atoms with Crippen molar-refractivity contribution in [2.45, 2.75) is 52.2 Å². The Morgan fingerprint density at radius 2 is 1.92 bits per heavy atom. The van der Waals surface area contributed by atoms with Crippen LogP contribution in [0.3, 0.4) is 0 Å². The molecule has 0 unspecified atom stereocenters. The van der Waals surface area contributed by atoms with Gasteiger partial charge in [-0.05, 0) is 50.5 Å². The molecule has 0 aliphatic rings. The molecule has 0 bridgehead atoms. The van der Waals surface area contributed by atoms with Crippen LogP contribution in [0.25, 0.3) is 0 Å². The molecule has 0 aliphatic carbocycles. The Bertz CT molecular complexity index is 692. The largest absolute Gasteiger partial charge is 0.323 e. The maximum absolute atomic E-state index is 12.9. The van der Waals surface area contributed by atoms with Gasteiger partial charge in [0.25, 0.3) is 0 Å². The van der Waals surface area contributed by atoms with Gasteiger partial charge in [0.05, 0.1) is 5.69 Å². The van der Waals surface area contributed by atoms with Gasteiger partial charge in [-0.1, -0.05) is 25.6 Å². The summed E-state index contributed by atoms with van der Waals surface area (Å²) < 4.78 is 15.2. The van der Waals surface area contributed by atoms with Crippen LogP contribution in [0.2, 0.25) is 0 Å². The predicted molar refractivity (Wildman–Crippen MR) is 97.2 cm³/mol. The highest BCUT2D eigenvalue weighted by atomic mass is 32.2. The highest BCUT2D eigenvalue weighted by molar-refractivity contribution is 7.99. The topological polar surface area (TPSA) is 34.9 Å². The van der Waals surface area contributed by atoms with Crippen molar-refractivity contribution in [2.24, 2.45) is 5.92 Å². The van der Waals surface area contributed by atoms with Gasteiger partial charge in [0, 0.05) is 30.0 Å². The van der Waals surface area contributed by atoms with E-state index in [2.05, 4.69) is 30.3 Å². The molecule has 0 radical (unpaired) electrons. The van der Waals surface area contributed by atoms with E-state index in [1.165, 1.54) is 17.8 Å². The lowest BCUT2D eigenvalue weighted by Crippen LogP contribution is -2.08. The molecule has 0 spiro atoms. The number of carbonyl (C=O) groups excluding carboxylic acids is 1. The van der Waals surface area contributed by atoms with Crippen molar-refractivity contribution in [2.75, 3.05) is 5.75 Å². The average molecular weight is 348 g/mol. The van der Waals surface area contributed by atoms with E-state index in [0.717, 1.165) is 29.6 Å². The predicted octanol–water partition coefficient (Wildman–Crippen LogP) is 5.05. The molecule has 0 saturated heterocycles. The van der Waals surface area contributed by atoms with Gasteiger partial charge in [-0.3, -0.25) is 4.79 Å². The molecule has 1 heterocycles. The smallest absolute Gasteiger partial charge is 0.168 e. The second-order valence-electron chi connectivity index (χ2n) is 6.45. The van der Waals surface area contributed by atoms with Crippen LogP contribution in [-0.2, 0) is 6.54 Å². The van der Waals surface area contributed by atoms with Crippen LogP contribution in [0.4, 0.5) is 4.39 Å². The lowest BCUT2D eigenvalue weighted by atomic mass is 10.1. The Kier molecular flexibility index (Phi) is 6.60. The van der Waals surface area contributed by atoms with Crippen LogP contribution in [-0.4, -0.2) is 21.1 Å². The van der Waals surface area contributed by atoms with E-state index in [4.69, 9.17) is 0 Å². The first-order chi connectivity index (χ1) is 11.4. The molecule has 3 nitrogen and oxygen atoms in total. The van der Waals surface area contributed by atoms with E-state index in [0.29, 0.717) is 17.9 Å². The molecule has 130 valence electrons. The summed E-state index contributed by atoms with van der Waals surface area (Å²) in [6.07, 6.45) is 1.26. The number of aryl methyl sites for hydroxylation is 1. The van der Waals surface area contributed by atoms with Crippen molar-refractivity contribution in [3.05, 3.63) is 47.0 Å². The number of thioether (sulfide) groups is 1. The van der Waals surface area contributed by atoms with Crippen LogP contribution in [0.1, 0.15) is 48.4 Å². The quantitative estimate of drug-likeness (QED) is 0.380. The highest BCUT2D eigenvalue weighted by Crippen LogP contribution is 2.23. The molecular weight excluding hydrogens is 323 g/mol. The van der Waals surface area contributed by atoms with Gasteiger partial charge in [-0.2, -0.15) is 0 Å². The number of nitrogens with zero attached hydrogens (tertiary/aromatic N) is 2. The number of imidazole rings is 1. The molecule has 0 N–H and O–H groups in total. The molecule has 2 aromatic rings. The number of halogens is 1. The van der Waals surface area contributed by atoms with Crippen LogP contribution in [0, 0.1) is 25.6 Å². The van der Waals surface area contributed by atoms with E-state index >= 15 is 0 Å². The first-order valence-corrected chi connectivity index (χ1v) is 9.32. The number of hydrogen-bond acceptors (Lipinski definition) is 3. The van der Waals surface area contributed by atoms with Gasteiger partial charge < -0.3 is 4.57 Å². The fourth-order valence-corrected chi connectivity index (χ4v) is 3.53. The van der Waals surface area contributed by atoms with Gasteiger partial charge in [0.1, 0.15) is 5.82 Å². The number of ketones is 1. The number of hydrogen-bond donors (Lipinski definition) is 0. The first-order valence-electron chi connectivity index (χ1n) is 8.33. The van der Waals surface area contributed by atoms with Gasteiger partial charge in [-0.15, -0.1) is 0 Å². The SMILES string of the molecule is Cc1nc(SCCCC(=O)c2ccc(F)cc2)n(CC(C)C)c1C. The average Bonchev–Trinajstić information content (AvgIpc) is 2.79. The Morgan fingerprint density at radius 3 is 2.54 bits per heavy atom. The van der Waals surface area contributed by atoms with Crippen LogP contribution in [0.5, 0.6) is 0 Å². The fraction of sp³-hybridized carbons (Fsp3) is 0.474. The van der Waals surface area contributed by atoms with E-state index < -0.39 is 0 Å². The van der Waals surface area contributed by atoms with Crippen molar-refractivity contribution in [1.82, 2.24) is 9.55 Å². The minimum Gasteiger partial charge on any atom is -0.323 e. The number of rotatable bonds is 8. The van der Waals surface area contributed by atoms with Gasteiger partial charge in [-0.25, -0.2) is 9.37 Å². The molecule has 1 aromatic carbocycles. The second kappa shape index (κ2) is 8.47. The number of benzene rings is 1. The highest BCUT2D eigenvalue weighted by Gasteiger charge is 2.13. The van der Waals surface area contributed by atoms with Crippen LogP contribution in [0.15, 0.2) is 29.4 Å². The van der Waals surface area contributed by atoms with Gasteiger partial charge >= 0.3 is 0 Å². The van der Waals surface area contributed by atoms with Crippen molar-refractivity contribution < 1.29 is 9.18 Å². The standard InChI is InChI=1S/C19H25FN2OS/c1-13(2)12-22-15(4)14(3)21-19(22)24-11-5-6-18(23)16-7-9-17(20)10-8-16/h7-10,13H,5-6,11-12H2,1-4H3. The molecule has 5 heteroatoms. The number of carbonyl (C=O) groups is 1. The summed E-state index contributed by atoms with van der Waals surface area (Å²) in [6.45, 7) is 9.50. The summed E-state index contributed by atoms with van der Waals surface area (Å²) >= 11 is 1.70. The van der Waals surface area contributed by atoms with Crippen LogP contribution >= 0.6 is 11.8 Å². The third-order valence-corrected chi connectivity index (χ3v) is 4.98. The molecule has 24 heavy (non-hydrogen) atoms. The van der Waals surface area contributed by atoms with Crippen molar-refractivity contribution in [3.63, 3.8) is 0 Å². The first kappa shape index (κ1) is 18.7. The van der Waals surface area contributed by atoms with Crippen molar-refractivity contribution >= 4 is 17.5 Å². The Balaban J connectivity index is 1.87. The second-order valence-corrected chi connectivity index (χ2v) is 7.51. The molecule has 0 fully saturated rings. The van der Waals surface area contributed by atoms with E-state index in [1.807, 2.05) is 6.92 Å². The summed E-state index contributed by atoms with van der Waals surface area (Å²) in [4.78, 5) is 16.7. The van der Waals surface area contributed by atoms with Crippen molar-refractivity contribution in [3.8, 4) is 0 Å². The summed E-state index contributed by atoms with van der Waals surface area (Å²) in [5, 5.41) is 1.04. The fourth-order valence-electron chi connectivity index (χ4n) is 2.49. The summed E-state index contributed by atoms with van der Waals surface area (Å²) in [7, 11) is 0. The van der Waals surface area contributed by atoms with Gasteiger partial charge in [0.2, 0.25) is 0 Å². The van der Waals surface area contributed by atoms with Crippen molar-refractivity contribution in [1.29, 1.82) is 0 Å². The minimum absolute atomic E-state index is 0.0634. The molecule has 0 aliphatic heterocycles. The molecular formula is C19H25FN2OS. The third kappa shape index (κ3) is 4.94. The molecule has 2 rings (SSSR count). The van der Waals surface area contributed by atoms with Crippen LogP contribution < -0.4 is 0 Å². The van der Waals surface area contributed by atoms with E-state index in [1.54, 1.807) is 23.9 Å². The lowest BCUT2D eigenvalue weighted by Gasteiger charge is -2.12. The van der Waals surface area contributed by atoms with Gasteiger partial charge in [0.15, 0.2) is 10.9 Å². The zero-order chi connectivity index (χ0) is 17.7. The maximum Gasteiger partial charge on any atom is 0.168 e. The maximum atomic E-state index is 12.9. The summed E-state index contributed by atoms with van der Waals surface area (Å²) in [5.74, 6) is 1.16. The molecule has 0 atom stereocenters. The Hall–Kier alpha value is -1.62. The monoisotopic (exact) mass is 348 g/mol. The molecule has 0 amide bonds. The zero-order valence-electron chi connectivity index (χ0n) is 14.8. The summed E-state index contributed by atoms with van der Waals surface area (Å²) in [6, 6.07) is 5.76. The van der Waals surface area contributed by atoms with E-state index in [-0.39, 0.29) is 11.6 Å². The Labute approximate surface area is 147 Å². The third-order valence-electron chi connectivity index (χ3n) is 3.92. The number of Topliss-reactive ketones (excluding diaryl/α,β-unsaturated/α-hetero) is 1. The normalized spacial score (nSPS) is 11.2. The lowest BCUT2D eigenvalue weighted by molar-refractivity contribution is 0.0982.